The summed E-state index contributed by atoms with van der Waals surface area (Å²) in [5.74, 6) is 2.33. The van der Waals surface area contributed by atoms with E-state index in [4.69, 9.17) is 9.47 Å². The van der Waals surface area contributed by atoms with Gasteiger partial charge in [-0.25, -0.2) is 0 Å². The molecule has 2 aromatic carbocycles. The van der Waals surface area contributed by atoms with Gasteiger partial charge in [-0.05, 0) is 29.8 Å². The van der Waals surface area contributed by atoms with E-state index < -0.39 is 0 Å². The minimum Gasteiger partial charge on any atom is -0.486 e. The number of anilines is 1. The normalized spacial score (nSPS) is 17.6. The molecule has 7 heteroatoms. The first-order valence-corrected chi connectivity index (χ1v) is 9.64. The zero-order valence-corrected chi connectivity index (χ0v) is 18.8. The lowest BCUT2D eigenvalue weighted by Crippen LogP contribution is -2.45. The summed E-state index contributed by atoms with van der Waals surface area (Å²) in [7, 11) is 1.77. The van der Waals surface area contributed by atoms with Crippen LogP contribution in [0.15, 0.2) is 65.7 Å². The van der Waals surface area contributed by atoms with Crippen LogP contribution in [0.2, 0.25) is 0 Å². The van der Waals surface area contributed by atoms with Crippen LogP contribution in [0, 0.1) is 0 Å². The molecule has 2 aliphatic heterocycles. The lowest BCUT2D eigenvalue weighted by Gasteiger charge is -2.27. The summed E-state index contributed by atoms with van der Waals surface area (Å²) in [5, 5.41) is 6.69. The maximum Gasteiger partial charge on any atom is 0.191 e. The summed E-state index contributed by atoms with van der Waals surface area (Å²) >= 11 is 0. The fraction of sp³-hybridized carbons (Fsp3) is 0.318. The Balaban J connectivity index is 0.00000240. The van der Waals surface area contributed by atoms with Crippen molar-refractivity contribution in [2.24, 2.45) is 4.99 Å². The summed E-state index contributed by atoms with van der Waals surface area (Å²) in [6.07, 6.45) is 4.34. The fourth-order valence-electron chi connectivity index (χ4n) is 3.33. The third kappa shape index (κ3) is 5.56. The van der Waals surface area contributed by atoms with Gasteiger partial charge in [0.1, 0.15) is 12.7 Å². The molecule has 1 atom stereocenters. The van der Waals surface area contributed by atoms with Crippen molar-refractivity contribution in [2.75, 3.05) is 38.2 Å². The first-order valence-electron chi connectivity index (χ1n) is 9.64. The number of para-hydroxylation sites is 2. The molecule has 0 aromatic heterocycles. The SMILES string of the molecule is CN=C(NCc1cccc(N2CC=CC2)c1)NCC1COc2ccccc2O1.I. The fourth-order valence-corrected chi connectivity index (χ4v) is 3.33. The van der Waals surface area contributed by atoms with Gasteiger partial charge in [0, 0.05) is 32.4 Å². The molecule has 0 bridgehead atoms. The van der Waals surface area contributed by atoms with Crippen LogP contribution in [0.3, 0.4) is 0 Å². The van der Waals surface area contributed by atoms with E-state index in [-0.39, 0.29) is 30.1 Å². The molecule has 0 spiro atoms. The molecule has 1 unspecified atom stereocenters. The summed E-state index contributed by atoms with van der Waals surface area (Å²) in [6.45, 7) is 3.81. The van der Waals surface area contributed by atoms with Gasteiger partial charge in [0.2, 0.25) is 0 Å². The lowest BCUT2D eigenvalue weighted by atomic mass is 10.2. The maximum absolute atomic E-state index is 5.98. The Morgan fingerprint density at radius 2 is 1.86 bits per heavy atom. The number of ether oxygens (including phenoxy) is 2. The first kappa shape index (κ1) is 21.3. The molecule has 2 aliphatic rings. The average molecular weight is 506 g/mol. The van der Waals surface area contributed by atoms with Gasteiger partial charge in [-0.2, -0.15) is 0 Å². The summed E-state index contributed by atoms with van der Waals surface area (Å²) < 4.78 is 11.7. The van der Waals surface area contributed by atoms with Crippen LogP contribution in [-0.2, 0) is 6.54 Å². The minimum absolute atomic E-state index is 0. The molecule has 2 aromatic rings. The molecule has 6 nitrogen and oxygen atoms in total. The molecule has 0 saturated heterocycles. The quantitative estimate of drug-likeness (QED) is 0.283. The molecule has 0 amide bonds. The molecule has 0 aliphatic carbocycles. The van der Waals surface area contributed by atoms with Gasteiger partial charge in [0.05, 0.1) is 6.54 Å². The number of benzene rings is 2. The van der Waals surface area contributed by atoms with Gasteiger partial charge in [-0.15, -0.1) is 24.0 Å². The largest absolute Gasteiger partial charge is 0.486 e. The van der Waals surface area contributed by atoms with Crippen molar-refractivity contribution in [3.8, 4) is 11.5 Å². The van der Waals surface area contributed by atoms with E-state index in [0.29, 0.717) is 19.7 Å². The Morgan fingerprint density at radius 1 is 1.07 bits per heavy atom. The number of guanidine groups is 1. The van der Waals surface area contributed by atoms with Crippen LogP contribution >= 0.6 is 24.0 Å². The number of hydrogen-bond donors (Lipinski definition) is 2. The molecule has 29 heavy (non-hydrogen) atoms. The van der Waals surface area contributed by atoms with E-state index in [1.807, 2.05) is 24.3 Å². The van der Waals surface area contributed by atoms with E-state index in [0.717, 1.165) is 30.5 Å². The van der Waals surface area contributed by atoms with E-state index >= 15 is 0 Å². The number of rotatable bonds is 5. The van der Waals surface area contributed by atoms with Crippen LogP contribution < -0.4 is 25.0 Å². The highest BCUT2D eigenvalue weighted by Gasteiger charge is 2.20. The van der Waals surface area contributed by atoms with Crippen LogP contribution in [0.5, 0.6) is 11.5 Å². The Morgan fingerprint density at radius 3 is 2.66 bits per heavy atom. The lowest BCUT2D eigenvalue weighted by molar-refractivity contribution is 0.0936. The number of aliphatic imine (C=N–C) groups is 1. The third-order valence-corrected chi connectivity index (χ3v) is 4.84. The highest BCUT2D eigenvalue weighted by atomic mass is 127. The van der Waals surface area contributed by atoms with E-state index in [1.165, 1.54) is 11.3 Å². The van der Waals surface area contributed by atoms with Crippen LogP contribution in [0.1, 0.15) is 5.56 Å². The summed E-state index contributed by atoms with van der Waals surface area (Å²) in [4.78, 5) is 6.65. The highest BCUT2D eigenvalue weighted by Crippen LogP contribution is 2.30. The van der Waals surface area contributed by atoms with Crippen molar-refractivity contribution in [1.29, 1.82) is 0 Å². The van der Waals surface area contributed by atoms with E-state index in [1.54, 1.807) is 7.05 Å². The molecule has 0 saturated carbocycles. The number of nitrogens with zero attached hydrogens (tertiary/aromatic N) is 2. The van der Waals surface area contributed by atoms with Gasteiger partial charge in [0.25, 0.3) is 0 Å². The molecule has 2 heterocycles. The smallest absolute Gasteiger partial charge is 0.191 e. The second-order valence-corrected chi connectivity index (χ2v) is 6.85. The van der Waals surface area contributed by atoms with Crippen molar-refractivity contribution in [1.82, 2.24) is 10.6 Å². The minimum atomic E-state index is -0.0561. The highest BCUT2D eigenvalue weighted by molar-refractivity contribution is 14.0. The van der Waals surface area contributed by atoms with Crippen molar-refractivity contribution < 1.29 is 9.47 Å². The van der Waals surface area contributed by atoms with Crippen molar-refractivity contribution in [2.45, 2.75) is 12.6 Å². The second kappa shape index (κ2) is 10.4. The zero-order valence-electron chi connectivity index (χ0n) is 16.5. The van der Waals surface area contributed by atoms with Gasteiger partial charge >= 0.3 is 0 Å². The maximum atomic E-state index is 5.98. The van der Waals surface area contributed by atoms with E-state index in [2.05, 4.69) is 56.9 Å². The van der Waals surface area contributed by atoms with Crippen molar-refractivity contribution >= 4 is 35.6 Å². The van der Waals surface area contributed by atoms with Crippen molar-refractivity contribution in [3.63, 3.8) is 0 Å². The van der Waals surface area contributed by atoms with Gasteiger partial charge in [-0.3, -0.25) is 4.99 Å². The average Bonchev–Trinajstić information content (AvgIpc) is 3.29. The number of nitrogens with one attached hydrogen (secondary N) is 2. The van der Waals surface area contributed by atoms with E-state index in [9.17, 15) is 0 Å². The van der Waals surface area contributed by atoms with Gasteiger partial charge in [-0.1, -0.05) is 36.4 Å². The zero-order chi connectivity index (χ0) is 19.2. The first-order chi connectivity index (χ1) is 13.8. The monoisotopic (exact) mass is 506 g/mol. The standard InChI is InChI=1S/C22H26N4O2.HI/c1-23-22(25-15-19-16-27-20-9-2-3-10-21(20)28-19)24-14-17-7-6-8-18(13-17)26-11-4-5-12-26;/h2-10,13,19H,11-12,14-16H2,1H3,(H2,23,24,25);1H. The molecular weight excluding hydrogens is 479 g/mol. The van der Waals surface area contributed by atoms with Gasteiger partial charge in [0.15, 0.2) is 17.5 Å². The number of hydrogen-bond acceptors (Lipinski definition) is 4. The van der Waals surface area contributed by atoms with Crippen LogP contribution in [0.25, 0.3) is 0 Å². The predicted octanol–water partition coefficient (Wildman–Crippen LogP) is 3.19. The third-order valence-electron chi connectivity index (χ3n) is 4.84. The predicted molar refractivity (Wildman–Crippen MR) is 128 cm³/mol. The molecule has 0 radical (unpaired) electrons. The van der Waals surface area contributed by atoms with Gasteiger partial charge < -0.3 is 25.0 Å². The Labute approximate surface area is 189 Å². The van der Waals surface area contributed by atoms with Crippen LogP contribution in [0.4, 0.5) is 5.69 Å². The topological polar surface area (TPSA) is 58.1 Å². The molecule has 4 rings (SSSR count). The number of halogens is 1. The number of fused-ring (bicyclic) bond motifs is 1. The molecule has 154 valence electrons. The van der Waals surface area contributed by atoms with Crippen molar-refractivity contribution in [3.05, 3.63) is 66.2 Å². The Bertz CT molecular complexity index is 863. The summed E-state index contributed by atoms with van der Waals surface area (Å²) in [5.41, 5.74) is 2.47. The Kier molecular flexibility index (Phi) is 7.62. The molecule has 0 fully saturated rings. The molecule has 2 N–H and O–H groups in total. The second-order valence-electron chi connectivity index (χ2n) is 6.85. The van der Waals surface area contributed by atoms with Crippen LogP contribution in [-0.4, -0.2) is 45.4 Å². The molecular formula is C22H27IN4O2. The Hall–Kier alpha value is -2.42. The summed E-state index contributed by atoms with van der Waals surface area (Å²) in [6, 6.07) is 16.4.